The fourth-order valence-electron chi connectivity index (χ4n) is 2.41. The molecule has 0 fully saturated rings. The fourth-order valence-corrected chi connectivity index (χ4v) is 2.41. The highest BCUT2D eigenvalue weighted by molar-refractivity contribution is 5.51. The Morgan fingerprint density at radius 2 is 1.94 bits per heavy atom. The quantitative estimate of drug-likeness (QED) is 0.839. The van der Waals surface area contributed by atoms with Crippen LogP contribution in [-0.2, 0) is 6.61 Å². The van der Waals surface area contributed by atoms with E-state index in [2.05, 4.69) is 56.8 Å². The van der Waals surface area contributed by atoms with Gasteiger partial charge in [0.2, 0.25) is 0 Å². The topological polar surface area (TPSA) is 26.7 Å². The second-order valence-corrected chi connectivity index (χ2v) is 5.17. The average Bonchev–Trinajstić information content (AvgIpc) is 2.29. The number of aryl methyl sites for hydroxylation is 1. The maximum atomic E-state index is 9.21. The molecule has 1 atom stereocenters. The molecule has 0 saturated heterocycles. The minimum atomic E-state index is 0.117. The third-order valence-corrected chi connectivity index (χ3v) is 3.33. The highest BCUT2D eigenvalue weighted by Gasteiger charge is 2.14. The molecule has 0 saturated carbocycles. The first kappa shape index (κ1) is 15.0. The van der Waals surface area contributed by atoms with Gasteiger partial charge in [0.15, 0.2) is 0 Å². The van der Waals surface area contributed by atoms with Gasteiger partial charge in [0.25, 0.3) is 0 Å². The third-order valence-electron chi connectivity index (χ3n) is 3.33. The summed E-state index contributed by atoms with van der Waals surface area (Å²) in [6, 6.07) is 6.77. The molecule has 3 nitrogen and oxygen atoms in total. The van der Waals surface area contributed by atoms with E-state index in [9.17, 15) is 5.11 Å². The predicted molar refractivity (Wildman–Crippen MR) is 78.1 cm³/mol. The lowest BCUT2D eigenvalue weighted by molar-refractivity contribution is 0.281. The molecule has 1 N–H and O–H groups in total. The molecule has 1 unspecified atom stereocenters. The molecule has 0 aliphatic heterocycles. The SMILES string of the molecule is CCN(c1ccc(CO)c(C)c1)C(C)CN(C)C. The van der Waals surface area contributed by atoms with E-state index >= 15 is 0 Å². The molecule has 3 heteroatoms. The van der Waals surface area contributed by atoms with Crippen LogP contribution in [0.5, 0.6) is 0 Å². The van der Waals surface area contributed by atoms with Gasteiger partial charge in [-0.3, -0.25) is 0 Å². The van der Waals surface area contributed by atoms with Crippen molar-refractivity contribution >= 4 is 5.69 Å². The standard InChI is InChI=1S/C15H26N2O/c1-6-17(13(3)10-16(4)5)15-8-7-14(11-18)12(2)9-15/h7-9,13,18H,6,10-11H2,1-5H3. The Labute approximate surface area is 111 Å². The minimum Gasteiger partial charge on any atom is -0.392 e. The van der Waals surface area contributed by atoms with Crippen LogP contribution in [0.1, 0.15) is 25.0 Å². The van der Waals surface area contributed by atoms with Gasteiger partial charge in [-0.25, -0.2) is 0 Å². The van der Waals surface area contributed by atoms with E-state index in [1.165, 1.54) is 5.69 Å². The van der Waals surface area contributed by atoms with Gasteiger partial charge in [-0.15, -0.1) is 0 Å². The van der Waals surface area contributed by atoms with E-state index in [0.29, 0.717) is 6.04 Å². The van der Waals surface area contributed by atoms with Crippen molar-refractivity contribution in [1.82, 2.24) is 4.90 Å². The number of aliphatic hydroxyl groups is 1. The predicted octanol–water partition coefficient (Wildman–Crippen LogP) is 2.26. The highest BCUT2D eigenvalue weighted by atomic mass is 16.3. The van der Waals surface area contributed by atoms with Crippen molar-refractivity contribution < 1.29 is 5.11 Å². The first-order valence-electron chi connectivity index (χ1n) is 6.61. The lowest BCUT2D eigenvalue weighted by Gasteiger charge is -2.32. The van der Waals surface area contributed by atoms with Gasteiger partial charge in [0.05, 0.1) is 6.61 Å². The van der Waals surface area contributed by atoms with Crippen molar-refractivity contribution in [1.29, 1.82) is 0 Å². The largest absolute Gasteiger partial charge is 0.392 e. The van der Waals surface area contributed by atoms with E-state index in [-0.39, 0.29) is 6.61 Å². The lowest BCUT2D eigenvalue weighted by Crippen LogP contribution is -2.40. The number of rotatable bonds is 6. The second-order valence-electron chi connectivity index (χ2n) is 5.17. The molecule has 0 heterocycles. The summed E-state index contributed by atoms with van der Waals surface area (Å²) in [5.41, 5.74) is 3.40. The van der Waals surface area contributed by atoms with Gasteiger partial charge in [0.1, 0.15) is 0 Å². The Morgan fingerprint density at radius 3 is 2.39 bits per heavy atom. The van der Waals surface area contributed by atoms with Crippen molar-refractivity contribution in [2.24, 2.45) is 0 Å². The molecule has 0 spiro atoms. The number of likely N-dealkylation sites (N-methyl/N-ethyl adjacent to an activating group) is 2. The van der Waals surface area contributed by atoms with E-state index in [4.69, 9.17) is 0 Å². The summed E-state index contributed by atoms with van der Waals surface area (Å²) >= 11 is 0. The summed E-state index contributed by atoms with van der Waals surface area (Å²) < 4.78 is 0. The zero-order valence-electron chi connectivity index (χ0n) is 12.3. The third kappa shape index (κ3) is 3.72. The zero-order chi connectivity index (χ0) is 13.7. The van der Waals surface area contributed by atoms with Crippen molar-refractivity contribution in [2.75, 3.05) is 32.1 Å². The summed E-state index contributed by atoms with van der Waals surface area (Å²) in [4.78, 5) is 4.61. The summed E-state index contributed by atoms with van der Waals surface area (Å²) in [7, 11) is 4.20. The summed E-state index contributed by atoms with van der Waals surface area (Å²) in [5.74, 6) is 0. The average molecular weight is 250 g/mol. The molecule has 1 aromatic rings. The van der Waals surface area contributed by atoms with Gasteiger partial charge in [0, 0.05) is 24.8 Å². The van der Waals surface area contributed by atoms with Gasteiger partial charge < -0.3 is 14.9 Å². The number of hydrogen-bond donors (Lipinski definition) is 1. The van der Waals surface area contributed by atoms with E-state index < -0.39 is 0 Å². The number of benzene rings is 1. The van der Waals surface area contributed by atoms with Crippen LogP contribution in [0.25, 0.3) is 0 Å². The minimum absolute atomic E-state index is 0.117. The van der Waals surface area contributed by atoms with Crippen molar-refractivity contribution in [3.8, 4) is 0 Å². The van der Waals surface area contributed by atoms with Crippen LogP contribution in [0.2, 0.25) is 0 Å². The molecule has 0 aromatic heterocycles. The Morgan fingerprint density at radius 1 is 1.28 bits per heavy atom. The van der Waals surface area contributed by atoms with Gasteiger partial charge in [-0.2, -0.15) is 0 Å². The number of nitrogens with zero attached hydrogens (tertiary/aromatic N) is 2. The Kier molecular flexibility index (Phi) is 5.63. The first-order chi connectivity index (χ1) is 8.49. The fraction of sp³-hybridized carbons (Fsp3) is 0.600. The van der Waals surface area contributed by atoms with E-state index in [1.54, 1.807) is 0 Å². The van der Waals surface area contributed by atoms with Crippen LogP contribution >= 0.6 is 0 Å². The lowest BCUT2D eigenvalue weighted by atomic mass is 10.1. The van der Waals surface area contributed by atoms with Crippen LogP contribution < -0.4 is 4.90 Å². The van der Waals surface area contributed by atoms with E-state index in [0.717, 1.165) is 24.2 Å². The van der Waals surface area contributed by atoms with Crippen LogP contribution in [0, 0.1) is 6.92 Å². The first-order valence-corrected chi connectivity index (χ1v) is 6.61. The summed E-state index contributed by atoms with van der Waals surface area (Å²) in [6.45, 7) is 8.63. The van der Waals surface area contributed by atoms with Crippen LogP contribution in [0.3, 0.4) is 0 Å². The van der Waals surface area contributed by atoms with Crippen molar-refractivity contribution in [2.45, 2.75) is 33.4 Å². The van der Waals surface area contributed by atoms with Gasteiger partial charge >= 0.3 is 0 Å². The van der Waals surface area contributed by atoms with Crippen molar-refractivity contribution in [3.05, 3.63) is 29.3 Å². The zero-order valence-corrected chi connectivity index (χ0v) is 12.3. The number of hydrogen-bond acceptors (Lipinski definition) is 3. The molecule has 0 amide bonds. The molecule has 0 radical (unpaired) electrons. The Bertz CT molecular complexity index is 377. The van der Waals surface area contributed by atoms with Crippen LogP contribution in [-0.4, -0.2) is 43.2 Å². The summed E-state index contributed by atoms with van der Waals surface area (Å²) in [6.07, 6.45) is 0. The van der Waals surface area contributed by atoms with E-state index in [1.807, 2.05) is 6.07 Å². The number of anilines is 1. The molecule has 0 aliphatic rings. The highest BCUT2D eigenvalue weighted by Crippen LogP contribution is 2.21. The molecular weight excluding hydrogens is 224 g/mol. The van der Waals surface area contributed by atoms with Crippen LogP contribution in [0.15, 0.2) is 18.2 Å². The monoisotopic (exact) mass is 250 g/mol. The number of aliphatic hydroxyl groups excluding tert-OH is 1. The second kappa shape index (κ2) is 6.76. The molecule has 1 aromatic carbocycles. The maximum absolute atomic E-state index is 9.21. The molecular formula is C15H26N2O. The maximum Gasteiger partial charge on any atom is 0.0684 e. The molecule has 0 aliphatic carbocycles. The Balaban J connectivity index is 2.91. The normalized spacial score (nSPS) is 12.8. The smallest absolute Gasteiger partial charge is 0.0684 e. The van der Waals surface area contributed by atoms with Gasteiger partial charge in [-0.05, 0) is 58.1 Å². The molecule has 0 bridgehead atoms. The Hall–Kier alpha value is -1.06. The molecule has 102 valence electrons. The van der Waals surface area contributed by atoms with Crippen LogP contribution in [0.4, 0.5) is 5.69 Å². The van der Waals surface area contributed by atoms with Gasteiger partial charge in [-0.1, -0.05) is 6.07 Å². The summed E-state index contributed by atoms with van der Waals surface area (Å²) in [5, 5.41) is 9.21. The molecule has 1 rings (SSSR count). The van der Waals surface area contributed by atoms with Crippen molar-refractivity contribution in [3.63, 3.8) is 0 Å². The molecule has 18 heavy (non-hydrogen) atoms.